The van der Waals surface area contributed by atoms with Crippen LogP contribution in [0.2, 0.25) is 0 Å². The summed E-state index contributed by atoms with van der Waals surface area (Å²) in [7, 11) is 0. The molecule has 2 atom stereocenters. The predicted octanol–water partition coefficient (Wildman–Crippen LogP) is 0.605. The Balaban J connectivity index is 3.11. The SMILES string of the molecule is CC1(C)C[C@@H](NC(=O)C(F)(F)F)[C@H](NC(=O)C(F)(F)F)C(C)(C)[NH2+]1. The number of rotatable bonds is 2. The lowest BCUT2D eigenvalue weighted by Crippen LogP contribution is -3.10. The van der Waals surface area contributed by atoms with Crippen LogP contribution >= 0.6 is 0 Å². The average molecular weight is 364 g/mol. The number of amides is 2. The maximum absolute atomic E-state index is 12.5. The lowest BCUT2D eigenvalue weighted by Gasteiger charge is -2.48. The van der Waals surface area contributed by atoms with Crippen molar-refractivity contribution in [1.29, 1.82) is 0 Å². The van der Waals surface area contributed by atoms with Crippen molar-refractivity contribution < 1.29 is 41.2 Å². The Hall–Kier alpha value is -1.52. The van der Waals surface area contributed by atoms with E-state index in [2.05, 4.69) is 0 Å². The average Bonchev–Trinajstić information content (AvgIpc) is 2.28. The van der Waals surface area contributed by atoms with Gasteiger partial charge >= 0.3 is 24.2 Å². The van der Waals surface area contributed by atoms with Gasteiger partial charge in [-0.05, 0) is 27.7 Å². The topological polar surface area (TPSA) is 74.8 Å². The largest absolute Gasteiger partial charge is 0.471 e. The third kappa shape index (κ3) is 4.99. The molecule has 1 heterocycles. The van der Waals surface area contributed by atoms with Gasteiger partial charge in [-0.1, -0.05) is 0 Å². The third-order valence-corrected chi connectivity index (χ3v) is 3.83. The van der Waals surface area contributed by atoms with Crippen molar-refractivity contribution >= 4 is 11.8 Å². The van der Waals surface area contributed by atoms with E-state index >= 15 is 0 Å². The van der Waals surface area contributed by atoms with Crippen molar-refractivity contribution in [3.63, 3.8) is 0 Å². The second-order valence-corrected chi connectivity index (χ2v) is 7.19. The standard InChI is InChI=1S/C13H19F6N3O2/c1-10(2)5-6(20-8(23)12(14,15)16)7(11(3,4)22-10)21-9(24)13(17,18)19/h6-7,22H,5H2,1-4H3,(H,20,23)(H,21,24)/p+1/t6-,7+/m1/s1. The monoisotopic (exact) mass is 364 g/mol. The number of alkyl halides is 6. The highest BCUT2D eigenvalue weighted by molar-refractivity contribution is 5.83. The molecule has 1 aliphatic rings. The van der Waals surface area contributed by atoms with Crippen molar-refractivity contribution in [1.82, 2.24) is 10.6 Å². The molecule has 1 rings (SSSR count). The van der Waals surface area contributed by atoms with Crippen LogP contribution < -0.4 is 16.0 Å². The lowest BCUT2D eigenvalue weighted by molar-refractivity contribution is -0.790. The Morgan fingerprint density at radius 3 is 1.75 bits per heavy atom. The number of nitrogens with one attached hydrogen (secondary N) is 2. The summed E-state index contributed by atoms with van der Waals surface area (Å²) >= 11 is 0. The van der Waals surface area contributed by atoms with Crippen LogP contribution in [0.25, 0.3) is 0 Å². The second kappa shape index (κ2) is 6.08. The molecule has 0 unspecified atom stereocenters. The van der Waals surface area contributed by atoms with Crippen LogP contribution in [0.3, 0.4) is 0 Å². The molecule has 0 aromatic heterocycles. The zero-order valence-corrected chi connectivity index (χ0v) is 13.5. The molecule has 2 amide bonds. The first-order chi connectivity index (χ1) is 10.5. The molecule has 0 bridgehead atoms. The molecular weight excluding hydrogens is 344 g/mol. The summed E-state index contributed by atoms with van der Waals surface area (Å²) in [5.74, 6) is -4.52. The molecule has 5 nitrogen and oxygen atoms in total. The van der Waals surface area contributed by atoms with Gasteiger partial charge in [-0.3, -0.25) is 9.59 Å². The second-order valence-electron chi connectivity index (χ2n) is 7.19. The van der Waals surface area contributed by atoms with Gasteiger partial charge in [-0.15, -0.1) is 0 Å². The number of hydrogen-bond acceptors (Lipinski definition) is 2. The van der Waals surface area contributed by atoms with E-state index in [0.29, 0.717) is 0 Å². The zero-order chi connectivity index (χ0) is 19.1. The first-order valence-corrected chi connectivity index (χ1v) is 7.08. The number of nitrogens with two attached hydrogens (primary N) is 1. The van der Waals surface area contributed by atoms with Crippen LogP contribution in [0.4, 0.5) is 26.3 Å². The van der Waals surface area contributed by atoms with Gasteiger partial charge in [-0.2, -0.15) is 26.3 Å². The van der Waals surface area contributed by atoms with Crippen LogP contribution in [-0.4, -0.2) is 47.3 Å². The Bertz CT molecular complexity index is 513. The molecule has 1 fully saturated rings. The van der Waals surface area contributed by atoms with Crippen molar-refractivity contribution in [3.8, 4) is 0 Å². The summed E-state index contributed by atoms with van der Waals surface area (Å²) in [4.78, 5) is 22.4. The van der Waals surface area contributed by atoms with E-state index in [1.807, 2.05) is 0 Å². The summed E-state index contributed by atoms with van der Waals surface area (Å²) < 4.78 is 74.9. The fourth-order valence-electron chi connectivity index (χ4n) is 3.25. The van der Waals surface area contributed by atoms with E-state index in [-0.39, 0.29) is 6.42 Å². The minimum absolute atomic E-state index is 0.0545. The highest BCUT2D eigenvalue weighted by Gasteiger charge is 2.54. The van der Waals surface area contributed by atoms with E-state index < -0.39 is 47.3 Å². The minimum atomic E-state index is -5.18. The number of carbonyl (C=O) groups excluding carboxylic acids is 2. The van der Waals surface area contributed by atoms with Crippen molar-refractivity contribution in [2.45, 2.75) is 69.6 Å². The van der Waals surface area contributed by atoms with Crippen molar-refractivity contribution in [3.05, 3.63) is 0 Å². The summed E-state index contributed by atoms with van der Waals surface area (Å²) in [6.45, 7) is 6.34. The molecule has 0 saturated carbocycles. The Kier molecular flexibility index (Phi) is 5.20. The van der Waals surface area contributed by atoms with E-state index in [9.17, 15) is 35.9 Å². The Labute approximate surface area is 134 Å². The van der Waals surface area contributed by atoms with Crippen LogP contribution in [0, 0.1) is 0 Å². The normalized spacial score (nSPS) is 26.6. The van der Waals surface area contributed by atoms with Crippen LogP contribution in [0.1, 0.15) is 34.1 Å². The number of halogens is 6. The molecule has 0 radical (unpaired) electrons. The molecule has 11 heteroatoms. The van der Waals surface area contributed by atoms with Gasteiger partial charge in [0.05, 0.1) is 11.6 Å². The fourth-order valence-corrected chi connectivity index (χ4v) is 3.25. The van der Waals surface area contributed by atoms with Gasteiger partial charge in [0.25, 0.3) is 0 Å². The predicted molar refractivity (Wildman–Crippen MR) is 70.7 cm³/mol. The number of quaternary nitrogens is 1. The van der Waals surface area contributed by atoms with Gasteiger partial charge in [0.1, 0.15) is 11.6 Å². The van der Waals surface area contributed by atoms with Gasteiger partial charge in [-0.25, -0.2) is 0 Å². The number of piperidine rings is 1. The lowest BCUT2D eigenvalue weighted by atomic mass is 9.75. The molecule has 1 aliphatic heterocycles. The van der Waals surface area contributed by atoms with Crippen LogP contribution in [0.15, 0.2) is 0 Å². The molecule has 24 heavy (non-hydrogen) atoms. The van der Waals surface area contributed by atoms with Crippen LogP contribution in [0.5, 0.6) is 0 Å². The highest BCUT2D eigenvalue weighted by atomic mass is 19.4. The molecular formula is C13H20F6N3O2+. The molecule has 4 N–H and O–H groups in total. The maximum Gasteiger partial charge on any atom is 0.471 e. The first-order valence-electron chi connectivity index (χ1n) is 7.08. The van der Waals surface area contributed by atoms with Gasteiger partial charge < -0.3 is 16.0 Å². The molecule has 1 saturated heterocycles. The van der Waals surface area contributed by atoms with E-state index in [1.54, 1.807) is 29.8 Å². The minimum Gasteiger partial charge on any atom is -0.343 e. The van der Waals surface area contributed by atoms with E-state index in [1.165, 1.54) is 13.8 Å². The molecule has 0 spiro atoms. The van der Waals surface area contributed by atoms with E-state index in [4.69, 9.17) is 0 Å². The van der Waals surface area contributed by atoms with E-state index in [0.717, 1.165) is 0 Å². The molecule has 0 aromatic carbocycles. The van der Waals surface area contributed by atoms with Crippen molar-refractivity contribution in [2.24, 2.45) is 0 Å². The maximum atomic E-state index is 12.5. The van der Waals surface area contributed by atoms with Gasteiger partial charge in [0.2, 0.25) is 0 Å². The Morgan fingerprint density at radius 2 is 1.33 bits per heavy atom. The van der Waals surface area contributed by atoms with Crippen molar-refractivity contribution in [2.75, 3.05) is 0 Å². The van der Waals surface area contributed by atoms with Gasteiger partial charge in [0, 0.05) is 6.42 Å². The molecule has 0 aliphatic carbocycles. The quantitative estimate of drug-likeness (QED) is 0.628. The highest BCUT2D eigenvalue weighted by Crippen LogP contribution is 2.26. The Morgan fingerprint density at radius 1 is 0.917 bits per heavy atom. The summed E-state index contributed by atoms with van der Waals surface area (Å²) in [5, 5.41) is 5.09. The molecule has 0 aromatic rings. The van der Waals surface area contributed by atoms with Gasteiger partial charge in [0.15, 0.2) is 0 Å². The third-order valence-electron chi connectivity index (χ3n) is 3.83. The molecule has 140 valence electrons. The van der Waals surface area contributed by atoms with Crippen LogP contribution in [-0.2, 0) is 9.59 Å². The number of hydrogen-bond donors (Lipinski definition) is 3. The fraction of sp³-hybridized carbons (Fsp3) is 0.846. The summed E-state index contributed by atoms with van der Waals surface area (Å²) in [6.07, 6.45) is -10.4. The zero-order valence-electron chi connectivity index (χ0n) is 13.5. The first kappa shape index (κ1) is 20.5. The summed E-state index contributed by atoms with van der Waals surface area (Å²) in [5.41, 5.74) is -1.72. The number of carbonyl (C=O) groups is 2. The summed E-state index contributed by atoms with van der Waals surface area (Å²) in [6, 6.07) is -2.65. The smallest absolute Gasteiger partial charge is 0.343 e.